The fourth-order valence-electron chi connectivity index (χ4n) is 2.32. The molecule has 1 N–H and O–H groups in total. The Morgan fingerprint density at radius 1 is 1.45 bits per heavy atom. The number of benzene rings is 1. The van der Waals surface area contributed by atoms with Gasteiger partial charge in [0.05, 0.1) is 11.2 Å². The van der Waals surface area contributed by atoms with Gasteiger partial charge in [-0.1, -0.05) is 30.7 Å². The second kappa shape index (κ2) is 6.86. The van der Waals surface area contributed by atoms with E-state index in [4.69, 9.17) is 11.6 Å². The van der Waals surface area contributed by atoms with Crippen LogP contribution < -0.4 is 5.32 Å². The molecule has 0 radical (unpaired) electrons. The number of hydrogen-bond donors (Lipinski definition) is 1. The number of nitrogens with zero attached hydrogens (tertiary/aromatic N) is 2. The van der Waals surface area contributed by atoms with Gasteiger partial charge in [-0.2, -0.15) is 5.10 Å². The minimum Gasteiger partial charge on any atom is -0.310 e. The van der Waals surface area contributed by atoms with Crippen LogP contribution in [0.5, 0.6) is 0 Å². The lowest BCUT2D eigenvalue weighted by Crippen LogP contribution is -2.22. The highest BCUT2D eigenvalue weighted by atomic mass is 35.5. The molecule has 0 saturated carbocycles. The summed E-state index contributed by atoms with van der Waals surface area (Å²) in [6.45, 7) is 2.79. The molecule has 0 bridgehead atoms. The largest absolute Gasteiger partial charge is 0.310 e. The normalized spacial score (nSPS) is 12.6. The molecular formula is C15H19ClFN3. The predicted octanol–water partition coefficient (Wildman–Crippen LogP) is 3.50. The summed E-state index contributed by atoms with van der Waals surface area (Å²) in [5, 5.41) is 7.64. The van der Waals surface area contributed by atoms with Gasteiger partial charge in [-0.25, -0.2) is 4.39 Å². The highest BCUT2D eigenvalue weighted by Gasteiger charge is 2.16. The Morgan fingerprint density at radius 3 is 2.90 bits per heavy atom. The van der Waals surface area contributed by atoms with Crippen molar-refractivity contribution in [2.24, 2.45) is 7.05 Å². The minimum absolute atomic E-state index is 0.0427. The Morgan fingerprint density at radius 2 is 2.25 bits per heavy atom. The van der Waals surface area contributed by atoms with Gasteiger partial charge in [0.25, 0.3) is 0 Å². The van der Waals surface area contributed by atoms with E-state index in [0.717, 1.165) is 24.9 Å². The molecule has 108 valence electrons. The molecule has 3 nitrogen and oxygen atoms in total. The van der Waals surface area contributed by atoms with E-state index in [0.29, 0.717) is 5.56 Å². The smallest absolute Gasteiger partial charge is 0.146 e. The van der Waals surface area contributed by atoms with E-state index in [2.05, 4.69) is 10.4 Å². The first-order chi connectivity index (χ1) is 9.61. The van der Waals surface area contributed by atoms with Gasteiger partial charge in [0.15, 0.2) is 0 Å². The maximum absolute atomic E-state index is 14.1. The molecule has 1 aromatic heterocycles. The first kappa shape index (κ1) is 15.0. The SMILES string of the molecule is CCNC(CCc1cnn(C)c1)c1cccc(Cl)c1F. The van der Waals surface area contributed by atoms with Crippen LogP contribution in [-0.4, -0.2) is 16.3 Å². The number of rotatable bonds is 6. The van der Waals surface area contributed by atoms with Crippen LogP contribution in [0, 0.1) is 5.82 Å². The van der Waals surface area contributed by atoms with Crippen LogP contribution in [0.2, 0.25) is 5.02 Å². The van der Waals surface area contributed by atoms with Crippen molar-refractivity contribution in [2.45, 2.75) is 25.8 Å². The molecule has 5 heteroatoms. The molecule has 1 heterocycles. The van der Waals surface area contributed by atoms with E-state index in [1.165, 1.54) is 0 Å². The van der Waals surface area contributed by atoms with E-state index in [9.17, 15) is 4.39 Å². The summed E-state index contributed by atoms with van der Waals surface area (Å²) in [5.41, 5.74) is 1.78. The molecule has 0 aliphatic heterocycles. The van der Waals surface area contributed by atoms with Crippen LogP contribution in [0.4, 0.5) is 4.39 Å². The van der Waals surface area contributed by atoms with Crippen molar-refractivity contribution in [1.29, 1.82) is 0 Å². The summed E-state index contributed by atoms with van der Waals surface area (Å²) in [7, 11) is 1.89. The minimum atomic E-state index is -0.327. The highest BCUT2D eigenvalue weighted by Crippen LogP contribution is 2.26. The molecule has 0 saturated heterocycles. The zero-order chi connectivity index (χ0) is 14.5. The Labute approximate surface area is 123 Å². The van der Waals surface area contributed by atoms with E-state index in [-0.39, 0.29) is 16.9 Å². The van der Waals surface area contributed by atoms with Gasteiger partial charge in [-0.3, -0.25) is 4.68 Å². The number of nitrogens with one attached hydrogen (secondary N) is 1. The molecule has 1 aromatic carbocycles. The Hall–Kier alpha value is -1.39. The maximum atomic E-state index is 14.1. The van der Waals surface area contributed by atoms with Crippen LogP contribution in [0.3, 0.4) is 0 Å². The molecule has 2 rings (SSSR count). The van der Waals surface area contributed by atoms with Crippen molar-refractivity contribution in [2.75, 3.05) is 6.54 Å². The Balaban J connectivity index is 2.12. The molecule has 1 unspecified atom stereocenters. The van der Waals surface area contributed by atoms with Crippen molar-refractivity contribution in [1.82, 2.24) is 15.1 Å². The summed E-state index contributed by atoms with van der Waals surface area (Å²) in [6.07, 6.45) is 5.48. The van der Waals surface area contributed by atoms with Gasteiger partial charge < -0.3 is 5.32 Å². The molecule has 20 heavy (non-hydrogen) atoms. The van der Waals surface area contributed by atoms with Gasteiger partial charge in [0, 0.05) is 24.8 Å². The average molecular weight is 296 g/mol. The molecule has 0 amide bonds. The third-order valence-electron chi connectivity index (χ3n) is 3.29. The molecule has 0 fully saturated rings. The summed E-state index contributed by atoms with van der Waals surface area (Å²) in [5.74, 6) is -0.327. The molecule has 0 aliphatic carbocycles. The van der Waals surface area contributed by atoms with Crippen LogP contribution in [0.15, 0.2) is 30.6 Å². The van der Waals surface area contributed by atoms with Crippen molar-refractivity contribution in [3.8, 4) is 0 Å². The van der Waals surface area contributed by atoms with E-state index in [1.54, 1.807) is 22.9 Å². The third-order valence-corrected chi connectivity index (χ3v) is 3.58. The average Bonchev–Trinajstić information content (AvgIpc) is 2.84. The summed E-state index contributed by atoms with van der Waals surface area (Å²) in [6, 6.07) is 5.11. The molecular weight excluding hydrogens is 277 g/mol. The van der Waals surface area contributed by atoms with Gasteiger partial charge in [-0.15, -0.1) is 0 Å². The Kier molecular flexibility index (Phi) is 5.15. The molecule has 2 aromatic rings. The lowest BCUT2D eigenvalue weighted by atomic mass is 9.99. The highest BCUT2D eigenvalue weighted by molar-refractivity contribution is 6.30. The van der Waals surface area contributed by atoms with Crippen LogP contribution >= 0.6 is 11.6 Å². The molecule has 0 spiro atoms. The number of aromatic nitrogens is 2. The number of aryl methyl sites for hydroxylation is 2. The predicted molar refractivity (Wildman–Crippen MR) is 79.4 cm³/mol. The fraction of sp³-hybridized carbons (Fsp3) is 0.400. The first-order valence-corrected chi connectivity index (χ1v) is 7.14. The second-order valence-corrected chi connectivity index (χ2v) is 5.22. The monoisotopic (exact) mass is 295 g/mol. The maximum Gasteiger partial charge on any atom is 0.146 e. The quantitative estimate of drug-likeness (QED) is 0.884. The third kappa shape index (κ3) is 3.58. The fourth-order valence-corrected chi connectivity index (χ4v) is 2.50. The van der Waals surface area contributed by atoms with Gasteiger partial charge in [0.1, 0.15) is 5.82 Å². The lowest BCUT2D eigenvalue weighted by molar-refractivity contribution is 0.485. The molecule has 1 atom stereocenters. The number of hydrogen-bond acceptors (Lipinski definition) is 2. The lowest BCUT2D eigenvalue weighted by Gasteiger charge is -2.19. The standard InChI is InChI=1S/C15H19ClFN3/c1-3-18-14(8-7-11-9-19-20(2)10-11)12-5-4-6-13(16)15(12)17/h4-6,9-10,14,18H,3,7-8H2,1-2H3. The van der Waals surface area contributed by atoms with Crippen molar-refractivity contribution >= 4 is 11.6 Å². The van der Waals surface area contributed by atoms with E-state index < -0.39 is 0 Å². The molecule has 0 aliphatic rings. The number of halogens is 2. The van der Waals surface area contributed by atoms with Gasteiger partial charge >= 0.3 is 0 Å². The Bertz CT molecular complexity index is 568. The second-order valence-electron chi connectivity index (χ2n) is 4.81. The van der Waals surface area contributed by atoms with Crippen molar-refractivity contribution in [3.63, 3.8) is 0 Å². The van der Waals surface area contributed by atoms with Crippen molar-refractivity contribution in [3.05, 3.63) is 52.6 Å². The van der Waals surface area contributed by atoms with Crippen molar-refractivity contribution < 1.29 is 4.39 Å². The van der Waals surface area contributed by atoms with E-state index in [1.807, 2.05) is 26.4 Å². The van der Waals surface area contributed by atoms with Gasteiger partial charge in [0.2, 0.25) is 0 Å². The summed E-state index contributed by atoms with van der Waals surface area (Å²) < 4.78 is 15.9. The van der Waals surface area contributed by atoms with Crippen LogP contribution in [-0.2, 0) is 13.5 Å². The zero-order valence-electron chi connectivity index (χ0n) is 11.7. The first-order valence-electron chi connectivity index (χ1n) is 6.76. The summed E-state index contributed by atoms with van der Waals surface area (Å²) >= 11 is 5.86. The summed E-state index contributed by atoms with van der Waals surface area (Å²) in [4.78, 5) is 0. The zero-order valence-corrected chi connectivity index (χ0v) is 12.5. The topological polar surface area (TPSA) is 29.9 Å². The van der Waals surface area contributed by atoms with E-state index >= 15 is 0 Å². The van der Waals surface area contributed by atoms with Crippen LogP contribution in [0.1, 0.15) is 30.5 Å². The van der Waals surface area contributed by atoms with Gasteiger partial charge in [-0.05, 0) is 31.0 Å². The van der Waals surface area contributed by atoms with Crippen LogP contribution in [0.25, 0.3) is 0 Å².